The molecule has 30 heavy (non-hydrogen) atoms. The summed E-state index contributed by atoms with van der Waals surface area (Å²) in [5.41, 5.74) is 0.420. The van der Waals surface area contributed by atoms with E-state index in [1.54, 1.807) is 54.6 Å². The molecule has 7 nitrogen and oxygen atoms in total. The minimum atomic E-state index is -3.92. The fourth-order valence-corrected chi connectivity index (χ4v) is 4.60. The molecule has 0 saturated carbocycles. The van der Waals surface area contributed by atoms with Crippen LogP contribution in [0.25, 0.3) is 16.6 Å². The Balaban J connectivity index is 1.91. The number of hydrogen-bond acceptors (Lipinski definition) is 4. The van der Waals surface area contributed by atoms with Crippen molar-refractivity contribution in [3.05, 3.63) is 93.8 Å². The molecule has 1 heterocycles. The molecular weight excluding hydrogens is 424 g/mol. The number of anilines is 1. The summed E-state index contributed by atoms with van der Waals surface area (Å²) in [6, 6.07) is 19.6. The smallest absolute Gasteiger partial charge is 0.306 e. The van der Waals surface area contributed by atoms with Crippen LogP contribution >= 0.6 is 11.6 Å². The van der Waals surface area contributed by atoms with Gasteiger partial charge in [0.2, 0.25) is 0 Å². The number of sulfonamides is 1. The molecule has 152 valence electrons. The van der Waals surface area contributed by atoms with Crippen molar-refractivity contribution in [2.75, 3.05) is 11.4 Å². The van der Waals surface area contributed by atoms with Crippen LogP contribution in [0.4, 0.5) is 5.69 Å². The van der Waals surface area contributed by atoms with Crippen LogP contribution in [0.3, 0.4) is 0 Å². The monoisotopic (exact) mass is 440 g/mol. The Bertz CT molecular complexity index is 1480. The molecule has 4 rings (SSSR count). The van der Waals surface area contributed by atoms with E-state index in [9.17, 15) is 13.2 Å². The maximum atomic E-state index is 13.2. The Morgan fingerprint density at radius 2 is 1.67 bits per heavy atom. The Kier molecular flexibility index (Phi) is 4.97. The van der Waals surface area contributed by atoms with Crippen molar-refractivity contribution in [2.24, 2.45) is 0 Å². The van der Waals surface area contributed by atoms with Gasteiger partial charge in [-0.3, -0.25) is 9.71 Å². The normalized spacial score (nSPS) is 11.5. The first-order valence-electron chi connectivity index (χ1n) is 8.93. The average Bonchev–Trinajstić information content (AvgIpc) is 2.75. The zero-order valence-electron chi connectivity index (χ0n) is 15.8. The number of fused-ring (bicyclic) bond motifs is 1. The second-order valence-electron chi connectivity index (χ2n) is 6.58. The summed E-state index contributed by atoms with van der Waals surface area (Å²) in [5, 5.41) is 9.14. The number of nitrogens with one attached hydrogen (secondary N) is 2. The van der Waals surface area contributed by atoms with Crippen molar-refractivity contribution in [2.45, 2.75) is 4.90 Å². The van der Waals surface area contributed by atoms with Crippen LogP contribution in [0.5, 0.6) is 0 Å². The Hall–Kier alpha value is -3.36. The average molecular weight is 441 g/mol. The van der Waals surface area contributed by atoms with E-state index in [4.69, 9.17) is 17.0 Å². The second kappa shape index (κ2) is 7.47. The van der Waals surface area contributed by atoms with Gasteiger partial charge < -0.3 is 4.98 Å². The fraction of sp³-hybridized carbons (Fsp3) is 0.0476. The second-order valence-corrected chi connectivity index (χ2v) is 8.96. The number of benzene rings is 3. The van der Waals surface area contributed by atoms with E-state index in [2.05, 4.69) is 4.98 Å². The largest absolute Gasteiger partial charge is 0.332 e. The molecular formula is C21H17ClN4O3S. The van der Waals surface area contributed by atoms with Gasteiger partial charge in [-0.25, -0.2) is 17.8 Å². The zero-order chi connectivity index (χ0) is 21.5. The summed E-state index contributed by atoms with van der Waals surface area (Å²) < 4.78 is 28.5. The van der Waals surface area contributed by atoms with Gasteiger partial charge in [-0.05, 0) is 42.5 Å². The highest BCUT2D eigenvalue weighted by molar-refractivity contribution is 7.92. The number of H-pyrrole nitrogens is 1. The van der Waals surface area contributed by atoms with Gasteiger partial charge in [-0.1, -0.05) is 41.9 Å². The van der Waals surface area contributed by atoms with Gasteiger partial charge in [0.25, 0.3) is 10.0 Å². The summed E-state index contributed by atoms with van der Waals surface area (Å²) in [7, 11) is -2.47. The molecule has 1 aromatic heterocycles. The molecule has 0 aliphatic rings. The minimum absolute atomic E-state index is 0.0484. The molecule has 0 fully saturated rings. The zero-order valence-corrected chi connectivity index (χ0v) is 17.4. The highest BCUT2D eigenvalue weighted by Gasteiger charge is 2.23. The molecule has 0 amide bonds. The van der Waals surface area contributed by atoms with E-state index in [1.165, 1.54) is 25.2 Å². The number of hydrogen-bond donors (Lipinski definition) is 2. The van der Waals surface area contributed by atoms with E-state index < -0.39 is 15.7 Å². The molecule has 0 spiro atoms. The lowest BCUT2D eigenvalue weighted by molar-refractivity contribution is 0.594. The number of aromatic amines is 1. The number of halogens is 1. The van der Waals surface area contributed by atoms with E-state index in [-0.39, 0.29) is 21.1 Å². The highest BCUT2D eigenvalue weighted by Crippen LogP contribution is 2.26. The Morgan fingerprint density at radius 3 is 2.40 bits per heavy atom. The summed E-state index contributed by atoms with van der Waals surface area (Å²) in [6.07, 6.45) is 0. The van der Waals surface area contributed by atoms with Gasteiger partial charge in [-0.15, -0.1) is 0 Å². The van der Waals surface area contributed by atoms with Crippen molar-refractivity contribution in [3.8, 4) is 5.69 Å². The molecule has 0 saturated heterocycles. The number of nitrogens with zero attached hydrogens (tertiary/aromatic N) is 2. The van der Waals surface area contributed by atoms with E-state index in [0.29, 0.717) is 16.6 Å². The van der Waals surface area contributed by atoms with Gasteiger partial charge in [0.05, 0.1) is 26.8 Å². The lowest BCUT2D eigenvalue weighted by Crippen LogP contribution is -2.34. The first-order valence-corrected chi connectivity index (χ1v) is 10.7. The highest BCUT2D eigenvalue weighted by atomic mass is 35.5. The van der Waals surface area contributed by atoms with Crippen LogP contribution in [0, 0.1) is 5.41 Å². The Labute approximate surface area is 177 Å². The van der Waals surface area contributed by atoms with Gasteiger partial charge in [0.15, 0.2) is 0 Å². The molecule has 0 radical (unpaired) electrons. The molecule has 0 bridgehead atoms. The molecule has 0 atom stereocenters. The maximum Gasteiger partial charge on any atom is 0.332 e. The quantitative estimate of drug-likeness (QED) is 0.509. The van der Waals surface area contributed by atoms with Crippen molar-refractivity contribution in [3.63, 3.8) is 0 Å². The molecule has 0 aliphatic heterocycles. The van der Waals surface area contributed by atoms with Crippen LogP contribution in [-0.2, 0) is 10.0 Å². The lowest BCUT2D eigenvalue weighted by Gasteiger charge is -2.20. The van der Waals surface area contributed by atoms with Crippen LogP contribution in [0.2, 0.25) is 5.02 Å². The summed E-state index contributed by atoms with van der Waals surface area (Å²) in [4.78, 5) is 15.3. The summed E-state index contributed by atoms with van der Waals surface area (Å²) in [5.74, 6) is 0. The first kappa shape index (κ1) is 19.9. The third-order valence-electron chi connectivity index (χ3n) is 4.79. The SMILES string of the molecule is CN(c1ccccc1)S(=O)(=O)c1ccc(Cl)c(-n2c(=O)[nH]c3ccccc3c2=N)c1. The predicted molar refractivity (Wildman–Crippen MR) is 117 cm³/mol. The van der Waals surface area contributed by atoms with Crippen molar-refractivity contribution in [1.82, 2.24) is 9.55 Å². The topological polar surface area (TPSA) is 99.0 Å². The van der Waals surface area contributed by atoms with Crippen LogP contribution in [-0.4, -0.2) is 25.0 Å². The van der Waals surface area contributed by atoms with Gasteiger partial charge in [0.1, 0.15) is 5.49 Å². The molecule has 9 heteroatoms. The maximum absolute atomic E-state index is 13.2. The predicted octanol–water partition coefficient (Wildman–Crippen LogP) is 3.28. The molecule has 2 N–H and O–H groups in total. The minimum Gasteiger partial charge on any atom is -0.306 e. The number of rotatable bonds is 4. The summed E-state index contributed by atoms with van der Waals surface area (Å²) in [6.45, 7) is 0. The van der Waals surface area contributed by atoms with Crippen molar-refractivity contribution >= 4 is 38.2 Å². The lowest BCUT2D eigenvalue weighted by atomic mass is 10.2. The standard InChI is InChI=1S/C21H17ClN4O3S/c1-25(14-7-3-2-4-8-14)30(28,29)15-11-12-17(22)19(13-15)26-20(23)16-9-5-6-10-18(16)24-21(26)27/h2-13,23H,1H3,(H,24,27). The first-order chi connectivity index (χ1) is 14.3. The fourth-order valence-electron chi connectivity index (χ4n) is 3.18. The van der Waals surface area contributed by atoms with Crippen LogP contribution in [0.15, 0.2) is 82.5 Å². The van der Waals surface area contributed by atoms with E-state index in [0.717, 1.165) is 8.87 Å². The van der Waals surface area contributed by atoms with Crippen LogP contribution < -0.4 is 15.5 Å². The summed E-state index contributed by atoms with van der Waals surface area (Å²) >= 11 is 6.31. The van der Waals surface area contributed by atoms with Gasteiger partial charge in [0, 0.05) is 12.4 Å². The van der Waals surface area contributed by atoms with E-state index in [1.807, 2.05) is 0 Å². The van der Waals surface area contributed by atoms with Crippen molar-refractivity contribution < 1.29 is 8.42 Å². The van der Waals surface area contributed by atoms with E-state index >= 15 is 0 Å². The van der Waals surface area contributed by atoms with Gasteiger partial charge in [-0.2, -0.15) is 0 Å². The van der Waals surface area contributed by atoms with Crippen LogP contribution in [0.1, 0.15) is 0 Å². The third kappa shape index (κ3) is 3.30. The molecule has 0 aliphatic carbocycles. The molecule has 3 aromatic carbocycles. The number of para-hydroxylation sites is 2. The third-order valence-corrected chi connectivity index (χ3v) is 6.89. The molecule has 4 aromatic rings. The van der Waals surface area contributed by atoms with Gasteiger partial charge >= 0.3 is 5.69 Å². The Morgan fingerprint density at radius 1 is 1.00 bits per heavy atom. The van der Waals surface area contributed by atoms with Crippen molar-refractivity contribution in [1.29, 1.82) is 5.41 Å². The molecule has 0 unspecified atom stereocenters. The number of aromatic nitrogens is 2.